The van der Waals surface area contributed by atoms with Crippen molar-refractivity contribution in [1.29, 1.82) is 0 Å². The van der Waals surface area contributed by atoms with Gasteiger partial charge in [0.25, 0.3) is 0 Å². The van der Waals surface area contributed by atoms with E-state index in [9.17, 15) is 0 Å². The quantitative estimate of drug-likeness (QED) is 0.441. The first-order valence-electron chi connectivity index (χ1n) is 14.1. The fraction of sp³-hybridized carbons (Fsp3) is 1.00. The Labute approximate surface area is 203 Å². The Morgan fingerprint density at radius 2 is 1.18 bits per heavy atom. The minimum absolute atomic E-state index is 0.493. The van der Waals surface area contributed by atoms with Gasteiger partial charge in [0.1, 0.15) is 0 Å². The zero-order chi connectivity index (χ0) is 23.2. The highest BCUT2D eigenvalue weighted by Crippen LogP contribution is 2.23. The SMILES string of the molecule is CC(C)CN1CC(OC2CCN(CCC[C@H](C)CN3CC(OC4CCN(C)CC4)C3)CC2)C1. The highest BCUT2D eigenvalue weighted by Gasteiger charge is 2.32. The molecule has 4 saturated heterocycles. The summed E-state index contributed by atoms with van der Waals surface area (Å²) in [6.07, 6.45) is 9.56. The lowest BCUT2D eigenvalue weighted by Crippen LogP contribution is -2.55. The third-order valence-corrected chi connectivity index (χ3v) is 8.18. The summed E-state index contributed by atoms with van der Waals surface area (Å²) in [6.45, 7) is 20.2. The van der Waals surface area contributed by atoms with E-state index in [0.717, 1.165) is 38.0 Å². The van der Waals surface area contributed by atoms with E-state index >= 15 is 0 Å². The number of hydrogen-bond acceptors (Lipinski definition) is 6. The lowest BCUT2D eigenvalue weighted by Gasteiger charge is -2.43. The first kappa shape index (κ1) is 25.8. The molecule has 6 nitrogen and oxygen atoms in total. The van der Waals surface area contributed by atoms with Gasteiger partial charge in [0, 0.05) is 65.4 Å². The van der Waals surface area contributed by atoms with Gasteiger partial charge in [0.2, 0.25) is 0 Å². The summed E-state index contributed by atoms with van der Waals surface area (Å²) in [5.74, 6) is 1.56. The smallest absolute Gasteiger partial charge is 0.0832 e. The van der Waals surface area contributed by atoms with Crippen LogP contribution in [0.15, 0.2) is 0 Å². The van der Waals surface area contributed by atoms with Crippen molar-refractivity contribution in [3.8, 4) is 0 Å². The molecule has 0 aliphatic carbocycles. The molecular formula is C27H52N4O2. The van der Waals surface area contributed by atoms with Gasteiger partial charge in [0.05, 0.1) is 24.4 Å². The summed E-state index contributed by atoms with van der Waals surface area (Å²) >= 11 is 0. The van der Waals surface area contributed by atoms with E-state index < -0.39 is 0 Å². The zero-order valence-corrected chi connectivity index (χ0v) is 22.1. The van der Waals surface area contributed by atoms with Crippen molar-refractivity contribution >= 4 is 0 Å². The maximum atomic E-state index is 6.37. The van der Waals surface area contributed by atoms with E-state index in [4.69, 9.17) is 9.47 Å². The topological polar surface area (TPSA) is 31.4 Å². The van der Waals surface area contributed by atoms with Gasteiger partial charge >= 0.3 is 0 Å². The fourth-order valence-corrected chi connectivity index (χ4v) is 6.16. The van der Waals surface area contributed by atoms with Crippen molar-refractivity contribution in [2.75, 3.05) is 79.0 Å². The summed E-state index contributed by atoms with van der Waals surface area (Å²) < 4.78 is 12.7. The molecular weight excluding hydrogens is 412 g/mol. The Kier molecular flexibility index (Phi) is 9.90. The normalized spacial score (nSPS) is 27.2. The van der Waals surface area contributed by atoms with Crippen LogP contribution in [0.1, 0.15) is 59.3 Å². The van der Waals surface area contributed by atoms with Crippen LogP contribution in [-0.4, -0.2) is 123 Å². The summed E-state index contributed by atoms with van der Waals surface area (Å²) in [5, 5.41) is 0. The summed E-state index contributed by atoms with van der Waals surface area (Å²) in [5.41, 5.74) is 0. The van der Waals surface area contributed by atoms with Gasteiger partial charge in [-0.3, -0.25) is 9.80 Å². The van der Waals surface area contributed by atoms with E-state index in [0.29, 0.717) is 24.4 Å². The lowest BCUT2D eigenvalue weighted by atomic mass is 10.0. The van der Waals surface area contributed by atoms with Gasteiger partial charge in [0.15, 0.2) is 0 Å². The first-order valence-corrected chi connectivity index (χ1v) is 14.1. The summed E-state index contributed by atoms with van der Waals surface area (Å²) in [7, 11) is 2.22. The molecule has 0 aromatic rings. The van der Waals surface area contributed by atoms with Crippen molar-refractivity contribution < 1.29 is 9.47 Å². The second-order valence-electron chi connectivity index (χ2n) is 12.1. The molecule has 0 spiro atoms. The molecule has 0 N–H and O–H groups in total. The van der Waals surface area contributed by atoms with Crippen LogP contribution in [0.3, 0.4) is 0 Å². The molecule has 0 amide bonds. The Hall–Kier alpha value is -0.240. The molecule has 0 unspecified atom stereocenters. The van der Waals surface area contributed by atoms with Gasteiger partial charge < -0.3 is 19.3 Å². The van der Waals surface area contributed by atoms with Crippen LogP contribution in [-0.2, 0) is 9.47 Å². The molecule has 4 fully saturated rings. The van der Waals surface area contributed by atoms with Gasteiger partial charge in [-0.05, 0) is 64.0 Å². The molecule has 4 heterocycles. The van der Waals surface area contributed by atoms with E-state index in [2.05, 4.69) is 47.4 Å². The number of hydrogen-bond donors (Lipinski definition) is 0. The predicted octanol–water partition coefficient (Wildman–Crippen LogP) is 3.02. The number of ether oxygens (including phenoxy) is 2. The van der Waals surface area contributed by atoms with Crippen molar-refractivity contribution in [1.82, 2.24) is 19.6 Å². The number of piperidine rings is 2. The minimum atomic E-state index is 0.493. The number of likely N-dealkylation sites (tertiary alicyclic amines) is 4. The molecule has 0 radical (unpaired) electrons. The maximum Gasteiger partial charge on any atom is 0.0832 e. The largest absolute Gasteiger partial charge is 0.372 e. The van der Waals surface area contributed by atoms with Crippen molar-refractivity contribution in [2.45, 2.75) is 83.7 Å². The molecule has 0 bridgehead atoms. The van der Waals surface area contributed by atoms with Gasteiger partial charge in [-0.25, -0.2) is 0 Å². The third-order valence-electron chi connectivity index (χ3n) is 8.18. The number of rotatable bonds is 12. The van der Waals surface area contributed by atoms with Gasteiger partial charge in [-0.15, -0.1) is 0 Å². The average molecular weight is 465 g/mol. The highest BCUT2D eigenvalue weighted by atomic mass is 16.5. The molecule has 33 heavy (non-hydrogen) atoms. The first-order chi connectivity index (χ1) is 15.9. The highest BCUT2D eigenvalue weighted by molar-refractivity contribution is 4.85. The average Bonchev–Trinajstić information content (AvgIpc) is 2.73. The molecule has 0 aromatic heterocycles. The second-order valence-corrected chi connectivity index (χ2v) is 12.1. The molecule has 6 heteroatoms. The molecule has 1 atom stereocenters. The van der Waals surface area contributed by atoms with Crippen LogP contribution in [0.4, 0.5) is 0 Å². The standard InChI is InChI=1S/C27H52N4O2/c1-22(2)16-30-18-26(19-30)33-25-9-14-29(15-10-25)11-5-6-23(3)17-31-20-27(21-31)32-24-7-12-28(4)13-8-24/h22-27H,5-21H2,1-4H3/t23-/m0/s1. The summed E-state index contributed by atoms with van der Waals surface area (Å²) in [4.78, 5) is 10.2. The summed E-state index contributed by atoms with van der Waals surface area (Å²) in [6, 6.07) is 0. The molecule has 192 valence electrons. The minimum Gasteiger partial charge on any atom is -0.372 e. The van der Waals surface area contributed by atoms with Crippen LogP contribution in [0.25, 0.3) is 0 Å². The van der Waals surface area contributed by atoms with Crippen LogP contribution >= 0.6 is 0 Å². The Balaban J connectivity index is 0.979. The fourth-order valence-electron chi connectivity index (χ4n) is 6.16. The van der Waals surface area contributed by atoms with Crippen molar-refractivity contribution in [3.05, 3.63) is 0 Å². The van der Waals surface area contributed by atoms with Gasteiger partial charge in [-0.1, -0.05) is 20.8 Å². The molecule has 4 aliphatic rings. The van der Waals surface area contributed by atoms with Gasteiger partial charge in [-0.2, -0.15) is 0 Å². The molecule has 0 saturated carbocycles. The zero-order valence-electron chi connectivity index (χ0n) is 22.1. The van der Waals surface area contributed by atoms with E-state index in [1.807, 2.05) is 0 Å². The molecule has 4 rings (SSSR count). The van der Waals surface area contributed by atoms with Crippen LogP contribution < -0.4 is 0 Å². The third kappa shape index (κ3) is 8.43. The molecule has 0 aromatic carbocycles. The van der Waals surface area contributed by atoms with Crippen molar-refractivity contribution in [3.63, 3.8) is 0 Å². The number of nitrogens with zero attached hydrogens (tertiary/aromatic N) is 4. The predicted molar refractivity (Wildman–Crippen MR) is 136 cm³/mol. The van der Waals surface area contributed by atoms with Crippen LogP contribution in [0.2, 0.25) is 0 Å². The van der Waals surface area contributed by atoms with Crippen LogP contribution in [0, 0.1) is 11.8 Å². The lowest BCUT2D eigenvalue weighted by molar-refractivity contribution is -0.110. The molecule has 4 aliphatic heterocycles. The Morgan fingerprint density at radius 1 is 0.667 bits per heavy atom. The van der Waals surface area contributed by atoms with Crippen LogP contribution in [0.5, 0.6) is 0 Å². The van der Waals surface area contributed by atoms with Crippen molar-refractivity contribution in [2.24, 2.45) is 11.8 Å². The van der Waals surface area contributed by atoms with E-state index in [1.165, 1.54) is 84.3 Å². The second kappa shape index (κ2) is 12.6. The van der Waals surface area contributed by atoms with E-state index in [1.54, 1.807) is 0 Å². The Morgan fingerprint density at radius 3 is 1.73 bits per heavy atom. The monoisotopic (exact) mass is 464 g/mol. The Bertz CT molecular complexity index is 548. The van der Waals surface area contributed by atoms with E-state index in [-0.39, 0.29) is 0 Å². The maximum absolute atomic E-state index is 6.37.